The Bertz CT molecular complexity index is 480. The quantitative estimate of drug-likeness (QED) is 0.904. The fraction of sp³-hybridized carbons (Fsp3) is 0.562. The van der Waals surface area contributed by atoms with Crippen LogP contribution in [0.3, 0.4) is 0 Å². The molecular formula is C16H23NO2. The molecule has 104 valence electrons. The lowest BCUT2D eigenvalue weighted by atomic mass is 9.89. The third-order valence-electron chi connectivity index (χ3n) is 4.04. The summed E-state index contributed by atoms with van der Waals surface area (Å²) >= 11 is 0. The first-order valence-corrected chi connectivity index (χ1v) is 6.98. The predicted molar refractivity (Wildman–Crippen MR) is 77.7 cm³/mol. The Kier molecular flexibility index (Phi) is 3.83. The molecule has 0 bridgehead atoms. The molecule has 1 heterocycles. The summed E-state index contributed by atoms with van der Waals surface area (Å²) in [5.74, 6) is -0.714. The van der Waals surface area contributed by atoms with Gasteiger partial charge in [-0.15, -0.1) is 0 Å². The number of anilines is 1. The van der Waals surface area contributed by atoms with Crippen LogP contribution in [-0.2, 0) is 11.2 Å². The number of carboxylic acid groups (broad SMARTS) is 1. The molecule has 0 unspecified atom stereocenters. The Balaban J connectivity index is 2.10. The molecule has 0 saturated heterocycles. The molecule has 0 saturated carbocycles. The monoisotopic (exact) mass is 261 g/mol. The van der Waals surface area contributed by atoms with Crippen LogP contribution in [0.1, 0.15) is 37.8 Å². The minimum Gasteiger partial charge on any atom is -0.481 e. The highest BCUT2D eigenvalue weighted by Gasteiger charge is 2.28. The zero-order valence-corrected chi connectivity index (χ0v) is 12.1. The molecule has 1 aliphatic heterocycles. The second-order valence-corrected chi connectivity index (χ2v) is 6.16. The van der Waals surface area contributed by atoms with Crippen LogP contribution in [0.5, 0.6) is 0 Å². The molecule has 0 radical (unpaired) electrons. The lowest BCUT2D eigenvalue weighted by molar-refractivity contribution is -0.147. The summed E-state index contributed by atoms with van der Waals surface area (Å²) in [4.78, 5) is 13.5. The van der Waals surface area contributed by atoms with Crippen molar-refractivity contribution < 1.29 is 9.90 Å². The van der Waals surface area contributed by atoms with E-state index in [0.29, 0.717) is 6.42 Å². The molecule has 0 spiro atoms. The van der Waals surface area contributed by atoms with Crippen molar-refractivity contribution in [2.75, 3.05) is 18.0 Å². The summed E-state index contributed by atoms with van der Waals surface area (Å²) in [5.41, 5.74) is 3.34. The van der Waals surface area contributed by atoms with Crippen LogP contribution in [0.25, 0.3) is 0 Å². The first-order chi connectivity index (χ1) is 8.90. The fourth-order valence-electron chi connectivity index (χ4n) is 2.56. The van der Waals surface area contributed by atoms with Gasteiger partial charge in [0.25, 0.3) is 0 Å². The van der Waals surface area contributed by atoms with E-state index in [2.05, 4.69) is 30.0 Å². The maximum Gasteiger partial charge on any atom is 0.309 e. The van der Waals surface area contributed by atoms with Crippen molar-refractivity contribution in [3.05, 3.63) is 29.3 Å². The maximum absolute atomic E-state index is 11.2. The van der Waals surface area contributed by atoms with Gasteiger partial charge in [0.05, 0.1) is 5.41 Å². The van der Waals surface area contributed by atoms with Gasteiger partial charge in [0.1, 0.15) is 0 Å². The van der Waals surface area contributed by atoms with E-state index >= 15 is 0 Å². The van der Waals surface area contributed by atoms with Crippen molar-refractivity contribution in [2.24, 2.45) is 5.41 Å². The Morgan fingerprint density at radius 3 is 2.84 bits per heavy atom. The van der Waals surface area contributed by atoms with Crippen LogP contribution in [0.15, 0.2) is 18.2 Å². The largest absolute Gasteiger partial charge is 0.481 e. The van der Waals surface area contributed by atoms with Crippen molar-refractivity contribution in [1.82, 2.24) is 0 Å². The molecule has 0 amide bonds. The Labute approximate surface area is 115 Å². The van der Waals surface area contributed by atoms with E-state index in [1.807, 2.05) is 0 Å². The number of carboxylic acids is 1. The molecule has 2 rings (SSSR count). The molecule has 19 heavy (non-hydrogen) atoms. The van der Waals surface area contributed by atoms with E-state index in [9.17, 15) is 9.90 Å². The Hall–Kier alpha value is -1.51. The van der Waals surface area contributed by atoms with Crippen molar-refractivity contribution >= 4 is 11.7 Å². The van der Waals surface area contributed by atoms with Gasteiger partial charge in [0.15, 0.2) is 0 Å². The molecular weight excluding hydrogens is 238 g/mol. The van der Waals surface area contributed by atoms with E-state index in [1.54, 1.807) is 13.8 Å². The fourth-order valence-corrected chi connectivity index (χ4v) is 2.56. The second kappa shape index (κ2) is 5.24. The van der Waals surface area contributed by atoms with Crippen LogP contribution in [0.2, 0.25) is 0 Å². The molecule has 1 aromatic carbocycles. The summed E-state index contributed by atoms with van der Waals surface area (Å²) in [6, 6.07) is 6.57. The number of aliphatic carboxylic acids is 1. The zero-order valence-electron chi connectivity index (χ0n) is 12.1. The number of carbonyl (C=O) groups is 1. The van der Waals surface area contributed by atoms with E-state index in [0.717, 1.165) is 25.9 Å². The lowest BCUT2D eigenvalue weighted by Crippen LogP contribution is -2.35. The minimum absolute atomic E-state index is 0.650. The maximum atomic E-state index is 11.2. The summed E-state index contributed by atoms with van der Waals surface area (Å²) in [7, 11) is 0. The lowest BCUT2D eigenvalue weighted by Gasteiger charge is -2.33. The summed E-state index contributed by atoms with van der Waals surface area (Å²) < 4.78 is 0. The van der Waals surface area contributed by atoms with Gasteiger partial charge in [-0.05, 0) is 51.7 Å². The first kappa shape index (κ1) is 13.9. The van der Waals surface area contributed by atoms with Gasteiger partial charge in [-0.3, -0.25) is 4.79 Å². The highest BCUT2D eigenvalue weighted by Crippen LogP contribution is 2.30. The van der Waals surface area contributed by atoms with E-state index < -0.39 is 11.4 Å². The van der Waals surface area contributed by atoms with Gasteiger partial charge in [-0.2, -0.15) is 0 Å². The molecule has 1 aromatic rings. The van der Waals surface area contributed by atoms with Crippen LogP contribution < -0.4 is 4.90 Å². The van der Waals surface area contributed by atoms with Crippen LogP contribution in [0.4, 0.5) is 5.69 Å². The van der Waals surface area contributed by atoms with E-state index in [1.165, 1.54) is 16.8 Å². The third-order valence-corrected chi connectivity index (χ3v) is 4.04. The summed E-state index contributed by atoms with van der Waals surface area (Å²) in [6.45, 7) is 7.57. The number of hydrogen-bond acceptors (Lipinski definition) is 2. The number of rotatable bonds is 4. The highest BCUT2D eigenvalue weighted by molar-refractivity contribution is 5.73. The minimum atomic E-state index is -0.714. The van der Waals surface area contributed by atoms with Crippen LogP contribution in [-0.4, -0.2) is 24.2 Å². The van der Waals surface area contributed by atoms with Gasteiger partial charge in [-0.1, -0.05) is 17.7 Å². The van der Waals surface area contributed by atoms with Crippen molar-refractivity contribution in [2.45, 2.75) is 40.0 Å². The van der Waals surface area contributed by atoms with Gasteiger partial charge in [0.2, 0.25) is 0 Å². The molecule has 0 atom stereocenters. The average molecular weight is 261 g/mol. The second-order valence-electron chi connectivity index (χ2n) is 6.16. The molecule has 0 aromatic heterocycles. The average Bonchev–Trinajstić information content (AvgIpc) is 2.35. The zero-order chi connectivity index (χ0) is 14.0. The number of benzene rings is 1. The van der Waals surface area contributed by atoms with Crippen molar-refractivity contribution in [3.63, 3.8) is 0 Å². The number of aryl methyl sites for hydroxylation is 2. The SMILES string of the molecule is Cc1ccc2c(c1)CCCN2CCC(C)(C)C(=O)O. The summed E-state index contributed by atoms with van der Waals surface area (Å²) in [6.07, 6.45) is 2.97. The highest BCUT2D eigenvalue weighted by atomic mass is 16.4. The van der Waals surface area contributed by atoms with Gasteiger partial charge in [0, 0.05) is 18.8 Å². The smallest absolute Gasteiger partial charge is 0.309 e. The van der Waals surface area contributed by atoms with Crippen LogP contribution >= 0.6 is 0 Å². The molecule has 0 aliphatic carbocycles. The van der Waals surface area contributed by atoms with Gasteiger partial charge in [-0.25, -0.2) is 0 Å². The Morgan fingerprint density at radius 1 is 1.42 bits per heavy atom. The third kappa shape index (κ3) is 3.09. The number of fused-ring (bicyclic) bond motifs is 1. The molecule has 3 nitrogen and oxygen atoms in total. The summed E-state index contributed by atoms with van der Waals surface area (Å²) in [5, 5.41) is 9.18. The molecule has 1 N–H and O–H groups in total. The van der Waals surface area contributed by atoms with E-state index in [-0.39, 0.29) is 0 Å². The standard InChI is InChI=1S/C16H23NO2/c1-12-6-7-14-13(11-12)5-4-9-17(14)10-8-16(2,3)15(18)19/h6-7,11H,4-5,8-10H2,1-3H3,(H,18,19). The first-order valence-electron chi connectivity index (χ1n) is 6.98. The van der Waals surface area contributed by atoms with Crippen molar-refractivity contribution in [1.29, 1.82) is 0 Å². The molecule has 0 fully saturated rings. The van der Waals surface area contributed by atoms with E-state index in [4.69, 9.17) is 0 Å². The van der Waals surface area contributed by atoms with Gasteiger partial charge >= 0.3 is 5.97 Å². The van der Waals surface area contributed by atoms with Crippen molar-refractivity contribution in [3.8, 4) is 0 Å². The predicted octanol–water partition coefficient (Wildman–Crippen LogP) is 3.25. The number of nitrogens with zero attached hydrogens (tertiary/aromatic N) is 1. The van der Waals surface area contributed by atoms with Gasteiger partial charge < -0.3 is 10.0 Å². The normalized spacial score (nSPS) is 15.2. The molecule has 3 heteroatoms. The molecule has 1 aliphatic rings. The Morgan fingerprint density at radius 2 is 2.16 bits per heavy atom. The van der Waals surface area contributed by atoms with Crippen LogP contribution in [0, 0.1) is 12.3 Å². The number of hydrogen-bond donors (Lipinski definition) is 1. The topological polar surface area (TPSA) is 40.5 Å².